The highest BCUT2D eigenvalue weighted by atomic mass is 32.1. The number of ether oxygens (including phenoxy) is 1. The average Bonchev–Trinajstić information content (AvgIpc) is 3.32. The molecule has 1 aliphatic heterocycles. The van der Waals surface area contributed by atoms with Crippen LogP contribution in [0, 0.1) is 11.6 Å². The molecule has 5 rings (SSSR count). The van der Waals surface area contributed by atoms with Crippen molar-refractivity contribution >= 4 is 17.2 Å². The standard InChI is InChI=1S/C20H13F2N5O2S/c21-11-2-4-15(13(22)8-11)27-19(24-9-25-27)20-26-14-5-6-29-16-7-10(18(23)28)1-3-12(16)17(14)30-20/h1-4,7-9H,5-6H2,(H2,23,28). The van der Waals surface area contributed by atoms with Crippen LogP contribution in [0.3, 0.4) is 0 Å². The molecule has 2 N–H and O–H groups in total. The summed E-state index contributed by atoms with van der Waals surface area (Å²) in [6.07, 6.45) is 1.84. The van der Waals surface area contributed by atoms with Gasteiger partial charge < -0.3 is 10.5 Å². The van der Waals surface area contributed by atoms with Crippen molar-refractivity contribution in [3.63, 3.8) is 0 Å². The van der Waals surface area contributed by atoms with E-state index in [1.165, 1.54) is 28.4 Å². The normalized spacial score (nSPS) is 12.6. The monoisotopic (exact) mass is 425 g/mol. The Morgan fingerprint density at radius 1 is 1.20 bits per heavy atom. The van der Waals surface area contributed by atoms with Gasteiger partial charge in [0, 0.05) is 23.6 Å². The molecule has 2 aromatic carbocycles. The number of amides is 1. The lowest BCUT2D eigenvalue weighted by Crippen LogP contribution is -2.11. The van der Waals surface area contributed by atoms with Gasteiger partial charge in [-0.3, -0.25) is 4.79 Å². The Morgan fingerprint density at radius 3 is 2.87 bits per heavy atom. The van der Waals surface area contributed by atoms with Crippen molar-refractivity contribution in [3.8, 4) is 32.7 Å². The number of nitrogens with two attached hydrogens (primary N) is 1. The zero-order valence-electron chi connectivity index (χ0n) is 15.3. The van der Waals surface area contributed by atoms with Crippen molar-refractivity contribution in [2.45, 2.75) is 6.42 Å². The van der Waals surface area contributed by atoms with Crippen molar-refractivity contribution in [2.75, 3.05) is 6.61 Å². The molecule has 4 aromatic rings. The minimum Gasteiger partial charge on any atom is -0.492 e. The smallest absolute Gasteiger partial charge is 0.248 e. The molecule has 0 atom stereocenters. The number of carbonyl (C=O) groups excluding carboxylic acids is 1. The van der Waals surface area contributed by atoms with E-state index in [1.807, 2.05) is 0 Å². The lowest BCUT2D eigenvalue weighted by atomic mass is 10.1. The van der Waals surface area contributed by atoms with Gasteiger partial charge in [0.2, 0.25) is 5.91 Å². The number of halogens is 2. The quantitative estimate of drug-likeness (QED) is 0.543. The summed E-state index contributed by atoms with van der Waals surface area (Å²) in [5, 5.41) is 4.62. The van der Waals surface area contributed by atoms with E-state index in [1.54, 1.807) is 18.2 Å². The first-order valence-electron chi connectivity index (χ1n) is 8.94. The molecule has 0 radical (unpaired) electrons. The second kappa shape index (κ2) is 6.99. The molecule has 30 heavy (non-hydrogen) atoms. The molecule has 0 saturated heterocycles. The van der Waals surface area contributed by atoms with Crippen LogP contribution in [0.5, 0.6) is 5.75 Å². The lowest BCUT2D eigenvalue weighted by molar-refractivity contribution is 0.1000. The van der Waals surface area contributed by atoms with E-state index in [-0.39, 0.29) is 5.69 Å². The van der Waals surface area contributed by atoms with Crippen molar-refractivity contribution in [3.05, 3.63) is 65.6 Å². The maximum absolute atomic E-state index is 14.3. The predicted molar refractivity (Wildman–Crippen MR) is 106 cm³/mol. The van der Waals surface area contributed by atoms with Gasteiger partial charge in [0.15, 0.2) is 16.6 Å². The zero-order chi connectivity index (χ0) is 20.8. The van der Waals surface area contributed by atoms with Crippen molar-refractivity contribution in [1.29, 1.82) is 0 Å². The van der Waals surface area contributed by atoms with E-state index in [0.29, 0.717) is 35.2 Å². The van der Waals surface area contributed by atoms with Crippen LogP contribution in [0.15, 0.2) is 42.7 Å². The molecule has 0 spiro atoms. The first-order chi connectivity index (χ1) is 14.5. The van der Waals surface area contributed by atoms with Crippen LogP contribution in [0.25, 0.3) is 27.0 Å². The summed E-state index contributed by atoms with van der Waals surface area (Å²) >= 11 is 1.35. The van der Waals surface area contributed by atoms with Gasteiger partial charge in [0.05, 0.1) is 17.2 Å². The second-order valence-electron chi connectivity index (χ2n) is 6.56. The van der Waals surface area contributed by atoms with Gasteiger partial charge in [0.25, 0.3) is 0 Å². The van der Waals surface area contributed by atoms with Crippen LogP contribution in [0.4, 0.5) is 8.78 Å². The summed E-state index contributed by atoms with van der Waals surface area (Å²) in [6.45, 7) is 0.380. The van der Waals surface area contributed by atoms with Crippen LogP contribution in [0.2, 0.25) is 0 Å². The molecule has 150 valence electrons. The fourth-order valence-electron chi connectivity index (χ4n) is 3.28. The van der Waals surface area contributed by atoms with Gasteiger partial charge in [-0.1, -0.05) is 0 Å². The maximum Gasteiger partial charge on any atom is 0.248 e. The molecular formula is C20H13F2N5O2S. The fraction of sp³-hybridized carbons (Fsp3) is 0.100. The fourth-order valence-corrected chi connectivity index (χ4v) is 4.41. The van der Waals surface area contributed by atoms with Gasteiger partial charge in [-0.15, -0.1) is 11.3 Å². The van der Waals surface area contributed by atoms with E-state index in [9.17, 15) is 13.6 Å². The van der Waals surface area contributed by atoms with E-state index in [0.717, 1.165) is 28.3 Å². The van der Waals surface area contributed by atoms with Gasteiger partial charge in [-0.2, -0.15) is 5.10 Å². The molecule has 10 heteroatoms. The molecular weight excluding hydrogens is 412 g/mol. The number of primary amides is 1. The summed E-state index contributed by atoms with van der Waals surface area (Å²) in [4.78, 5) is 21.3. The van der Waals surface area contributed by atoms with Gasteiger partial charge in [-0.05, 0) is 30.3 Å². The zero-order valence-corrected chi connectivity index (χ0v) is 16.1. The van der Waals surface area contributed by atoms with Crippen LogP contribution >= 0.6 is 11.3 Å². The van der Waals surface area contributed by atoms with E-state index in [4.69, 9.17) is 10.5 Å². The first kappa shape index (κ1) is 18.4. The molecule has 2 aromatic heterocycles. The number of hydrogen-bond donors (Lipinski definition) is 1. The number of nitrogens with zero attached hydrogens (tertiary/aromatic N) is 4. The second-order valence-corrected chi connectivity index (χ2v) is 7.56. The summed E-state index contributed by atoms with van der Waals surface area (Å²) in [5.74, 6) is -1.07. The molecule has 0 saturated carbocycles. The van der Waals surface area contributed by atoms with Gasteiger partial charge in [0.1, 0.15) is 23.6 Å². The minimum atomic E-state index is -0.752. The highest BCUT2D eigenvalue weighted by Gasteiger charge is 2.24. The average molecular weight is 425 g/mol. The Bertz CT molecular complexity index is 1300. The van der Waals surface area contributed by atoms with E-state index in [2.05, 4.69) is 15.1 Å². The molecule has 0 fully saturated rings. The van der Waals surface area contributed by atoms with Crippen LogP contribution in [0.1, 0.15) is 16.1 Å². The SMILES string of the molecule is NC(=O)c1ccc2c(c1)OCCc1nc(-c3ncnn3-c3ccc(F)cc3F)sc1-2. The topological polar surface area (TPSA) is 95.9 Å². The minimum absolute atomic E-state index is 0.0733. The van der Waals surface area contributed by atoms with E-state index >= 15 is 0 Å². The molecule has 1 amide bonds. The Balaban J connectivity index is 1.62. The third-order valence-electron chi connectivity index (χ3n) is 4.68. The number of hydrogen-bond acceptors (Lipinski definition) is 6. The number of fused-ring (bicyclic) bond motifs is 3. The predicted octanol–water partition coefficient (Wildman–Crippen LogP) is 3.37. The number of rotatable bonds is 3. The number of carbonyl (C=O) groups is 1. The third kappa shape index (κ3) is 3.01. The van der Waals surface area contributed by atoms with Gasteiger partial charge in [-0.25, -0.2) is 23.4 Å². The van der Waals surface area contributed by atoms with Crippen LogP contribution in [-0.2, 0) is 6.42 Å². The Labute approximate surface area is 172 Å². The highest BCUT2D eigenvalue weighted by Crippen LogP contribution is 2.42. The molecule has 3 heterocycles. The Kier molecular flexibility index (Phi) is 4.28. The Hall–Kier alpha value is -3.66. The maximum atomic E-state index is 14.3. The summed E-state index contributed by atoms with van der Waals surface area (Å²) in [7, 11) is 0. The number of benzene rings is 2. The summed E-state index contributed by atoms with van der Waals surface area (Å²) in [5.41, 5.74) is 7.38. The van der Waals surface area contributed by atoms with Crippen LogP contribution < -0.4 is 10.5 Å². The molecule has 0 unspecified atom stereocenters. The summed E-state index contributed by atoms with van der Waals surface area (Å²) < 4.78 is 34.6. The largest absolute Gasteiger partial charge is 0.492 e. The van der Waals surface area contributed by atoms with E-state index < -0.39 is 17.5 Å². The molecule has 0 aliphatic carbocycles. The lowest BCUT2D eigenvalue weighted by Gasteiger charge is -2.08. The molecule has 7 nitrogen and oxygen atoms in total. The van der Waals surface area contributed by atoms with Crippen molar-refractivity contribution < 1.29 is 18.3 Å². The third-order valence-corrected chi connectivity index (χ3v) is 5.81. The Morgan fingerprint density at radius 2 is 2.07 bits per heavy atom. The van der Waals surface area contributed by atoms with Crippen molar-refractivity contribution in [1.82, 2.24) is 19.7 Å². The molecule has 1 aliphatic rings. The van der Waals surface area contributed by atoms with Crippen molar-refractivity contribution in [2.24, 2.45) is 5.73 Å². The number of thiazole rings is 1. The summed E-state index contributed by atoms with van der Waals surface area (Å²) in [6, 6.07) is 8.27. The van der Waals surface area contributed by atoms with Gasteiger partial charge >= 0.3 is 0 Å². The molecule has 0 bridgehead atoms. The highest BCUT2D eigenvalue weighted by molar-refractivity contribution is 7.18. The number of aromatic nitrogens is 4. The van der Waals surface area contributed by atoms with Crippen LogP contribution in [-0.4, -0.2) is 32.3 Å². The first-order valence-corrected chi connectivity index (χ1v) is 9.75.